The van der Waals surface area contributed by atoms with Crippen LogP contribution in [0.2, 0.25) is 0 Å². The predicted octanol–water partition coefficient (Wildman–Crippen LogP) is 3.27. The van der Waals surface area contributed by atoms with Crippen LogP contribution in [0.15, 0.2) is 47.5 Å². The average Bonchev–Trinajstić information content (AvgIpc) is 2.74. The normalized spacial score (nSPS) is 14.7. The Labute approximate surface area is 173 Å². The maximum Gasteiger partial charge on any atom is 0.191 e. The molecule has 1 saturated heterocycles. The molecule has 5 nitrogen and oxygen atoms in total. The molecule has 1 heterocycles. The standard InChI is InChI=1S/C23H31FN4O/c1-3-25-23(26-11-10-20-6-7-21(24)16-18(20)2)27-17-19-4-8-22(9-5-19)28-12-14-29-15-13-28/h4-9,16H,3,10-15,17H2,1-2H3,(H2,25,26,27). The molecule has 0 bridgehead atoms. The van der Waals surface area contributed by atoms with Gasteiger partial charge < -0.3 is 20.3 Å². The molecule has 0 spiro atoms. The first-order chi connectivity index (χ1) is 14.2. The van der Waals surface area contributed by atoms with Gasteiger partial charge in [0.15, 0.2) is 5.96 Å². The van der Waals surface area contributed by atoms with Gasteiger partial charge in [0.2, 0.25) is 0 Å². The summed E-state index contributed by atoms with van der Waals surface area (Å²) in [5, 5.41) is 6.65. The second-order valence-electron chi connectivity index (χ2n) is 7.21. The second-order valence-corrected chi connectivity index (χ2v) is 7.21. The zero-order chi connectivity index (χ0) is 20.5. The number of hydrogen-bond donors (Lipinski definition) is 2. The van der Waals surface area contributed by atoms with Crippen molar-refractivity contribution < 1.29 is 9.13 Å². The van der Waals surface area contributed by atoms with Crippen LogP contribution in [-0.2, 0) is 17.7 Å². The number of nitrogens with one attached hydrogen (secondary N) is 2. The Kier molecular flexibility index (Phi) is 7.87. The molecular formula is C23H31FN4O. The van der Waals surface area contributed by atoms with Gasteiger partial charge in [-0.1, -0.05) is 18.2 Å². The Bertz CT molecular complexity index is 801. The van der Waals surface area contributed by atoms with Gasteiger partial charge in [-0.15, -0.1) is 0 Å². The summed E-state index contributed by atoms with van der Waals surface area (Å²) in [6.07, 6.45) is 0.824. The summed E-state index contributed by atoms with van der Waals surface area (Å²) in [5.74, 6) is 0.610. The molecular weight excluding hydrogens is 367 g/mol. The van der Waals surface area contributed by atoms with Gasteiger partial charge in [-0.3, -0.25) is 0 Å². The molecule has 0 radical (unpaired) electrons. The van der Waals surface area contributed by atoms with Crippen molar-refractivity contribution in [3.8, 4) is 0 Å². The fourth-order valence-electron chi connectivity index (χ4n) is 3.40. The van der Waals surface area contributed by atoms with Crippen LogP contribution in [0.5, 0.6) is 0 Å². The minimum absolute atomic E-state index is 0.186. The highest BCUT2D eigenvalue weighted by Crippen LogP contribution is 2.17. The Morgan fingerprint density at radius 3 is 2.55 bits per heavy atom. The minimum atomic E-state index is -0.186. The lowest BCUT2D eigenvalue weighted by Crippen LogP contribution is -2.38. The number of morpholine rings is 1. The highest BCUT2D eigenvalue weighted by molar-refractivity contribution is 5.79. The van der Waals surface area contributed by atoms with E-state index in [1.54, 1.807) is 6.07 Å². The maximum atomic E-state index is 13.2. The molecule has 0 unspecified atom stereocenters. The van der Waals surface area contributed by atoms with Crippen LogP contribution in [-0.4, -0.2) is 45.4 Å². The number of aryl methyl sites for hydroxylation is 1. The quantitative estimate of drug-likeness (QED) is 0.555. The lowest BCUT2D eigenvalue weighted by atomic mass is 10.1. The van der Waals surface area contributed by atoms with Crippen molar-refractivity contribution in [1.82, 2.24) is 10.6 Å². The summed E-state index contributed by atoms with van der Waals surface area (Å²) in [7, 11) is 0. The summed E-state index contributed by atoms with van der Waals surface area (Å²) in [6, 6.07) is 13.5. The number of nitrogens with zero attached hydrogens (tertiary/aromatic N) is 2. The van der Waals surface area contributed by atoms with Gasteiger partial charge in [0.05, 0.1) is 19.8 Å². The summed E-state index contributed by atoms with van der Waals surface area (Å²) in [4.78, 5) is 7.04. The summed E-state index contributed by atoms with van der Waals surface area (Å²) >= 11 is 0. The van der Waals surface area contributed by atoms with Crippen LogP contribution < -0.4 is 15.5 Å². The third kappa shape index (κ3) is 6.46. The molecule has 2 aromatic carbocycles. The van der Waals surface area contributed by atoms with Gasteiger partial charge in [0.25, 0.3) is 0 Å². The van der Waals surface area contributed by atoms with E-state index in [-0.39, 0.29) is 5.82 Å². The van der Waals surface area contributed by atoms with E-state index in [4.69, 9.17) is 9.73 Å². The number of guanidine groups is 1. The van der Waals surface area contributed by atoms with E-state index in [0.717, 1.165) is 62.9 Å². The van der Waals surface area contributed by atoms with Crippen LogP contribution in [0.1, 0.15) is 23.6 Å². The number of ether oxygens (including phenoxy) is 1. The van der Waals surface area contributed by atoms with Crippen LogP contribution >= 0.6 is 0 Å². The van der Waals surface area contributed by atoms with Crippen molar-refractivity contribution in [2.75, 3.05) is 44.3 Å². The zero-order valence-electron chi connectivity index (χ0n) is 17.4. The lowest BCUT2D eigenvalue weighted by Gasteiger charge is -2.28. The molecule has 1 aliphatic heterocycles. The monoisotopic (exact) mass is 398 g/mol. The molecule has 0 aromatic heterocycles. The van der Waals surface area contributed by atoms with Crippen molar-refractivity contribution in [2.24, 2.45) is 4.99 Å². The number of aliphatic imine (C=N–C) groups is 1. The number of anilines is 1. The molecule has 2 N–H and O–H groups in total. The fraction of sp³-hybridized carbons (Fsp3) is 0.435. The van der Waals surface area contributed by atoms with E-state index in [2.05, 4.69) is 46.7 Å². The molecule has 0 aliphatic carbocycles. The van der Waals surface area contributed by atoms with Gasteiger partial charge in [0, 0.05) is 31.9 Å². The third-order valence-electron chi connectivity index (χ3n) is 5.07. The topological polar surface area (TPSA) is 48.9 Å². The molecule has 29 heavy (non-hydrogen) atoms. The van der Waals surface area contributed by atoms with Crippen LogP contribution in [0.4, 0.5) is 10.1 Å². The largest absolute Gasteiger partial charge is 0.378 e. The summed E-state index contributed by atoms with van der Waals surface area (Å²) in [6.45, 7) is 9.64. The molecule has 156 valence electrons. The zero-order valence-corrected chi connectivity index (χ0v) is 17.4. The van der Waals surface area contributed by atoms with E-state index >= 15 is 0 Å². The lowest BCUT2D eigenvalue weighted by molar-refractivity contribution is 0.122. The van der Waals surface area contributed by atoms with Gasteiger partial charge in [-0.25, -0.2) is 9.38 Å². The Morgan fingerprint density at radius 1 is 1.10 bits per heavy atom. The predicted molar refractivity (Wildman–Crippen MR) is 117 cm³/mol. The van der Waals surface area contributed by atoms with Crippen LogP contribution in [0.3, 0.4) is 0 Å². The van der Waals surface area contributed by atoms with Crippen molar-refractivity contribution in [3.63, 3.8) is 0 Å². The Balaban J connectivity index is 1.52. The van der Waals surface area contributed by atoms with Crippen LogP contribution in [0.25, 0.3) is 0 Å². The Morgan fingerprint density at radius 2 is 1.86 bits per heavy atom. The van der Waals surface area contributed by atoms with E-state index < -0.39 is 0 Å². The second kappa shape index (κ2) is 10.8. The van der Waals surface area contributed by atoms with Crippen molar-refractivity contribution in [2.45, 2.75) is 26.8 Å². The first kappa shape index (κ1) is 21.1. The summed E-state index contributed by atoms with van der Waals surface area (Å²) in [5.41, 5.74) is 4.54. The van der Waals surface area contributed by atoms with Gasteiger partial charge in [0.1, 0.15) is 5.82 Å². The number of halogens is 1. The van der Waals surface area contributed by atoms with Crippen molar-refractivity contribution >= 4 is 11.6 Å². The highest BCUT2D eigenvalue weighted by Gasteiger charge is 2.10. The van der Waals surface area contributed by atoms with E-state index in [0.29, 0.717) is 6.54 Å². The van der Waals surface area contributed by atoms with E-state index in [1.807, 2.05) is 13.0 Å². The molecule has 0 amide bonds. The van der Waals surface area contributed by atoms with Gasteiger partial charge in [-0.05, 0) is 61.2 Å². The van der Waals surface area contributed by atoms with Crippen molar-refractivity contribution in [3.05, 3.63) is 65.0 Å². The van der Waals surface area contributed by atoms with E-state index in [1.165, 1.54) is 17.3 Å². The Hall–Kier alpha value is -2.60. The first-order valence-electron chi connectivity index (χ1n) is 10.3. The molecule has 6 heteroatoms. The first-order valence-corrected chi connectivity index (χ1v) is 10.3. The third-order valence-corrected chi connectivity index (χ3v) is 5.07. The highest BCUT2D eigenvalue weighted by atomic mass is 19.1. The van der Waals surface area contributed by atoms with Crippen LogP contribution in [0, 0.1) is 12.7 Å². The molecule has 2 aromatic rings. The van der Waals surface area contributed by atoms with E-state index in [9.17, 15) is 4.39 Å². The molecule has 1 aliphatic rings. The maximum absolute atomic E-state index is 13.2. The van der Waals surface area contributed by atoms with Gasteiger partial charge in [-0.2, -0.15) is 0 Å². The number of rotatable bonds is 7. The summed E-state index contributed by atoms with van der Waals surface area (Å²) < 4.78 is 18.7. The number of benzene rings is 2. The molecule has 1 fully saturated rings. The van der Waals surface area contributed by atoms with Crippen molar-refractivity contribution in [1.29, 1.82) is 0 Å². The SMILES string of the molecule is CCNC(=NCc1ccc(N2CCOCC2)cc1)NCCc1ccc(F)cc1C. The minimum Gasteiger partial charge on any atom is -0.378 e. The molecule has 0 saturated carbocycles. The molecule has 0 atom stereocenters. The smallest absolute Gasteiger partial charge is 0.191 e. The number of hydrogen-bond acceptors (Lipinski definition) is 3. The molecule has 3 rings (SSSR count). The fourth-order valence-corrected chi connectivity index (χ4v) is 3.40. The average molecular weight is 399 g/mol. The van der Waals surface area contributed by atoms with Gasteiger partial charge >= 0.3 is 0 Å².